The van der Waals surface area contributed by atoms with Gasteiger partial charge in [-0.25, -0.2) is 0 Å². The molecular formula is C11H20N2O2. The van der Waals surface area contributed by atoms with Crippen molar-refractivity contribution in [1.29, 1.82) is 0 Å². The van der Waals surface area contributed by atoms with Crippen molar-refractivity contribution in [2.45, 2.75) is 31.7 Å². The van der Waals surface area contributed by atoms with Crippen LogP contribution in [0.1, 0.15) is 25.7 Å². The highest BCUT2D eigenvalue weighted by Gasteiger charge is 2.34. The van der Waals surface area contributed by atoms with Gasteiger partial charge in [0, 0.05) is 25.6 Å². The average Bonchev–Trinajstić information content (AvgIpc) is 2.28. The quantitative estimate of drug-likeness (QED) is 0.688. The fourth-order valence-corrected chi connectivity index (χ4v) is 2.65. The molecule has 0 aliphatic carbocycles. The maximum atomic E-state index is 11.5. The zero-order valence-corrected chi connectivity index (χ0v) is 9.11. The summed E-state index contributed by atoms with van der Waals surface area (Å²) in [4.78, 5) is 13.9. The maximum Gasteiger partial charge on any atom is 0.220 e. The highest BCUT2D eigenvalue weighted by atomic mass is 16.3. The molecule has 3 saturated heterocycles. The second-order valence-electron chi connectivity index (χ2n) is 4.64. The molecule has 0 saturated carbocycles. The second kappa shape index (κ2) is 4.94. The fraction of sp³-hybridized carbons (Fsp3) is 0.909. The molecule has 4 heteroatoms. The Hall–Kier alpha value is -0.610. The summed E-state index contributed by atoms with van der Waals surface area (Å²) in [5, 5.41) is 11.7. The number of nitrogens with zero attached hydrogens (tertiary/aromatic N) is 1. The minimum absolute atomic E-state index is 0.0998. The minimum Gasteiger partial charge on any atom is -0.396 e. The van der Waals surface area contributed by atoms with Crippen LogP contribution in [0.4, 0.5) is 0 Å². The van der Waals surface area contributed by atoms with Gasteiger partial charge in [-0.3, -0.25) is 4.79 Å². The fourth-order valence-electron chi connectivity index (χ4n) is 2.65. The minimum atomic E-state index is 0.0998. The van der Waals surface area contributed by atoms with Crippen molar-refractivity contribution in [3.63, 3.8) is 0 Å². The zero-order valence-electron chi connectivity index (χ0n) is 9.11. The first-order chi connectivity index (χ1) is 7.29. The van der Waals surface area contributed by atoms with Crippen LogP contribution in [-0.2, 0) is 4.79 Å². The van der Waals surface area contributed by atoms with Crippen LogP contribution in [0.3, 0.4) is 0 Å². The Kier molecular flexibility index (Phi) is 3.59. The van der Waals surface area contributed by atoms with Crippen molar-refractivity contribution in [2.75, 3.05) is 26.2 Å². The Bertz CT molecular complexity index is 225. The summed E-state index contributed by atoms with van der Waals surface area (Å²) >= 11 is 0. The van der Waals surface area contributed by atoms with E-state index in [1.54, 1.807) is 0 Å². The number of fused-ring (bicyclic) bond motifs is 3. The van der Waals surface area contributed by atoms with Crippen molar-refractivity contribution in [3.8, 4) is 0 Å². The Balaban J connectivity index is 1.77. The van der Waals surface area contributed by atoms with Crippen LogP contribution in [0, 0.1) is 5.92 Å². The number of amides is 1. The average molecular weight is 212 g/mol. The molecule has 15 heavy (non-hydrogen) atoms. The molecule has 0 aromatic heterocycles. The van der Waals surface area contributed by atoms with Crippen molar-refractivity contribution in [3.05, 3.63) is 0 Å². The third kappa shape index (κ3) is 2.69. The highest BCUT2D eigenvalue weighted by Crippen LogP contribution is 2.27. The van der Waals surface area contributed by atoms with E-state index in [9.17, 15) is 4.79 Å². The molecule has 0 aromatic rings. The first-order valence-electron chi connectivity index (χ1n) is 5.92. The van der Waals surface area contributed by atoms with Gasteiger partial charge in [0.1, 0.15) is 0 Å². The molecule has 3 aliphatic rings. The van der Waals surface area contributed by atoms with Gasteiger partial charge in [0.15, 0.2) is 0 Å². The van der Waals surface area contributed by atoms with Gasteiger partial charge in [-0.05, 0) is 38.3 Å². The summed E-state index contributed by atoms with van der Waals surface area (Å²) in [6.07, 6.45) is 3.49. The summed E-state index contributed by atoms with van der Waals surface area (Å²) in [5.41, 5.74) is 0. The molecule has 86 valence electrons. The summed E-state index contributed by atoms with van der Waals surface area (Å²) < 4.78 is 0. The van der Waals surface area contributed by atoms with E-state index in [4.69, 9.17) is 5.11 Å². The SMILES string of the molecule is O=C(CCCO)NC1CN2CCC1CC2. The van der Waals surface area contributed by atoms with Crippen LogP contribution in [0.5, 0.6) is 0 Å². The lowest BCUT2D eigenvalue weighted by Crippen LogP contribution is -2.57. The van der Waals surface area contributed by atoms with Crippen molar-refractivity contribution in [1.82, 2.24) is 10.2 Å². The van der Waals surface area contributed by atoms with Crippen molar-refractivity contribution < 1.29 is 9.90 Å². The molecule has 4 nitrogen and oxygen atoms in total. The van der Waals surface area contributed by atoms with Crippen LogP contribution in [0.2, 0.25) is 0 Å². The predicted molar refractivity (Wildman–Crippen MR) is 57.4 cm³/mol. The lowest BCUT2D eigenvalue weighted by Gasteiger charge is -2.44. The first kappa shape index (κ1) is 10.9. The molecule has 1 unspecified atom stereocenters. The third-order valence-electron chi connectivity index (χ3n) is 3.56. The summed E-state index contributed by atoms with van der Waals surface area (Å²) in [6, 6.07) is 0.360. The molecule has 1 amide bonds. The van der Waals surface area contributed by atoms with Crippen molar-refractivity contribution in [2.24, 2.45) is 5.92 Å². The smallest absolute Gasteiger partial charge is 0.220 e. The number of piperidine rings is 3. The molecule has 0 aromatic carbocycles. The zero-order chi connectivity index (χ0) is 10.7. The molecular weight excluding hydrogens is 192 g/mol. The number of aliphatic hydroxyl groups is 1. The largest absolute Gasteiger partial charge is 0.396 e. The van der Waals surface area contributed by atoms with E-state index in [1.165, 1.54) is 25.9 Å². The summed E-state index contributed by atoms with van der Waals surface area (Å²) in [6.45, 7) is 3.53. The number of nitrogens with one attached hydrogen (secondary N) is 1. The molecule has 1 atom stereocenters. The number of hydrogen-bond donors (Lipinski definition) is 2. The maximum absolute atomic E-state index is 11.5. The van der Waals surface area contributed by atoms with E-state index in [-0.39, 0.29) is 12.5 Å². The third-order valence-corrected chi connectivity index (χ3v) is 3.56. The molecule has 3 heterocycles. The molecule has 0 spiro atoms. The van der Waals surface area contributed by atoms with Crippen LogP contribution in [-0.4, -0.2) is 48.2 Å². The number of rotatable bonds is 4. The van der Waals surface area contributed by atoms with Crippen LogP contribution < -0.4 is 5.32 Å². The lowest BCUT2D eigenvalue weighted by molar-refractivity contribution is -0.123. The lowest BCUT2D eigenvalue weighted by atomic mass is 9.84. The van der Waals surface area contributed by atoms with Gasteiger partial charge in [-0.15, -0.1) is 0 Å². The van der Waals surface area contributed by atoms with E-state index in [2.05, 4.69) is 10.2 Å². The van der Waals surface area contributed by atoms with E-state index in [1.807, 2.05) is 0 Å². The first-order valence-corrected chi connectivity index (χ1v) is 5.92. The van der Waals surface area contributed by atoms with Gasteiger partial charge in [0.2, 0.25) is 5.91 Å². The Morgan fingerprint density at radius 2 is 2.13 bits per heavy atom. The van der Waals surface area contributed by atoms with E-state index in [0.717, 1.165) is 6.54 Å². The summed E-state index contributed by atoms with van der Waals surface area (Å²) in [5.74, 6) is 0.788. The van der Waals surface area contributed by atoms with E-state index in [0.29, 0.717) is 24.8 Å². The monoisotopic (exact) mass is 212 g/mol. The number of carbonyl (C=O) groups is 1. The van der Waals surface area contributed by atoms with Gasteiger partial charge < -0.3 is 15.3 Å². The van der Waals surface area contributed by atoms with E-state index < -0.39 is 0 Å². The Morgan fingerprint density at radius 1 is 1.40 bits per heavy atom. The topological polar surface area (TPSA) is 52.6 Å². The molecule has 2 bridgehead atoms. The Morgan fingerprint density at radius 3 is 2.67 bits per heavy atom. The molecule has 2 N–H and O–H groups in total. The number of hydrogen-bond acceptors (Lipinski definition) is 3. The number of aliphatic hydroxyl groups excluding tert-OH is 1. The molecule has 3 rings (SSSR count). The normalized spacial score (nSPS) is 34.1. The number of carbonyl (C=O) groups excluding carboxylic acids is 1. The predicted octanol–water partition coefficient (Wildman–Crippen LogP) is -0.0307. The molecule has 0 radical (unpaired) electrons. The van der Waals surface area contributed by atoms with Gasteiger partial charge in [-0.2, -0.15) is 0 Å². The molecule has 3 aliphatic heterocycles. The van der Waals surface area contributed by atoms with Gasteiger partial charge >= 0.3 is 0 Å². The van der Waals surface area contributed by atoms with Crippen LogP contribution in [0.15, 0.2) is 0 Å². The molecule has 3 fully saturated rings. The van der Waals surface area contributed by atoms with E-state index >= 15 is 0 Å². The van der Waals surface area contributed by atoms with Crippen LogP contribution in [0.25, 0.3) is 0 Å². The van der Waals surface area contributed by atoms with Gasteiger partial charge in [-0.1, -0.05) is 0 Å². The summed E-state index contributed by atoms with van der Waals surface area (Å²) in [7, 11) is 0. The van der Waals surface area contributed by atoms with Gasteiger partial charge in [0.05, 0.1) is 0 Å². The van der Waals surface area contributed by atoms with Crippen molar-refractivity contribution >= 4 is 5.91 Å². The van der Waals surface area contributed by atoms with Gasteiger partial charge in [0.25, 0.3) is 0 Å². The Labute approximate surface area is 90.6 Å². The standard InChI is InChI=1S/C11H20N2O2/c14-7-1-2-11(15)12-10-8-13-5-3-9(10)4-6-13/h9-10,14H,1-8H2,(H,12,15). The highest BCUT2D eigenvalue weighted by molar-refractivity contribution is 5.76. The van der Waals surface area contributed by atoms with Crippen LogP contribution >= 0.6 is 0 Å². The second-order valence-corrected chi connectivity index (χ2v) is 4.64.